The molecule has 28 heavy (non-hydrogen) atoms. The van der Waals surface area contributed by atoms with Crippen molar-refractivity contribution in [2.75, 3.05) is 25.6 Å². The monoisotopic (exact) mass is 380 g/mol. The smallest absolute Gasteiger partial charge is 0.324 e. The molecule has 4 rings (SSSR count). The van der Waals surface area contributed by atoms with E-state index in [1.54, 1.807) is 29.1 Å². The lowest BCUT2D eigenvalue weighted by Crippen LogP contribution is -2.39. The van der Waals surface area contributed by atoms with Gasteiger partial charge in [-0.2, -0.15) is 5.10 Å². The topological polar surface area (TPSA) is 61.5 Å². The molecule has 2 amide bonds. The van der Waals surface area contributed by atoms with E-state index in [1.165, 1.54) is 19.2 Å². The van der Waals surface area contributed by atoms with Gasteiger partial charge in [0.25, 0.3) is 0 Å². The Labute approximate surface area is 162 Å². The van der Waals surface area contributed by atoms with Gasteiger partial charge in [0.2, 0.25) is 0 Å². The molecular weight excluding hydrogens is 359 g/mol. The van der Waals surface area contributed by atoms with E-state index in [2.05, 4.69) is 16.3 Å². The van der Waals surface area contributed by atoms with Crippen molar-refractivity contribution >= 4 is 11.7 Å². The molecule has 0 radical (unpaired) electrons. The van der Waals surface area contributed by atoms with Gasteiger partial charge in [0.15, 0.2) is 0 Å². The van der Waals surface area contributed by atoms with E-state index in [4.69, 9.17) is 4.74 Å². The number of hydrogen-bond donors (Lipinski definition) is 1. The number of hydrogen-bond acceptors (Lipinski definition) is 3. The minimum Gasteiger partial charge on any atom is -0.497 e. The van der Waals surface area contributed by atoms with Crippen molar-refractivity contribution in [2.24, 2.45) is 0 Å². The van der Waals surface area contributed by atoms with Crippen LogP contribution in [0.2, 0.25) is 0 Å². The number of amides is 2. The number of aromatic nitrogens is 2. The first-order chi connectivity index (χ1) is 13.5. The molecule has 0 fully saturated rings. The van der Waals surface area contributed by atoms with Crippen LogP contribution in [-0.2, 0) is 13.0 Å². The highest BCUT2D eigenvalue weighted by atomic mass is 19.1. The van der Waals surface area contributed by atoms with E-state index < -0.39 is 0 Å². The number of H-pyrrole nitrogens is 1. The van der Waals surface area contributed by atoms with Gasteiger partial charge in [0.1, 0.15) is 11.6 Å². The molecule has 0 saturated carbocycles. The molecule has 3 aromatic rings. The summed E-state index contributed by atoms with van der Waals surface area (Å²) in [6, 6.07) is 10.4. The number of carbonyl (C=O) groups excluding carboxylic acids is 1. The number of halogens is 1. The second-order valence-electron chi connectivity index (χ2n) is 6.87. The Hall–Kier alpha value is -3.35. The molecule has 7 heteroatoms. The van der Waals surface area contributed by atoms with E-state index in [9.17, 15) is 9.18 Å². The Balaban J connectivity index is 1.51. The van der Waals surface area contributed by atoms with Crippen LogP contribution in [0.4, 0.5) is 14.9 Å². The number of methoxy groups -OCH3 is 1. The van der Waals surface area contributed by atoms with Crippen LogP contribution in [0, 0.1) is 5.82 Å². The predicted molar refractivity (Wildman–Crippen MR) is 105 cm³/mol. The van der Waals surface area contributed by atoms with E-state index in [0.29, 0.717) is 24.4 Å². The van der Waals surface area contributed by atoms with Gasteiger partial charge in [0, 0.05) is 43.7 Å². The largest absolute Gasteiger partial charge is 0.497 e. The molecule has 0 saturated heterocycles. The maximum atomic E-state index is 13.7. The Morgan fingerprint density at radius 3 is 2.89 bits per heavy atom. The van der Waals surface area contributed by atoms with Gasteiger partial charge in [-0.1, -0.05) is 6.07 Å². The van der Waals surface area contributed by atoms with Crippen LogP contribution in [0.15, 0.2) is 48.8 Å². The highest BCUT2D eigenvalue weighted by Gasteiger charge is 2.27. The standard InChI is InChI=1S/C21H21FN4O2/c1-25(13-14-7-18(22)10-19(8-14)28-2)21(27)26-6-5-16-9-15(3-4-20(16)26)17-11-23-24-12-17/h3-4,7-12H,5-6,13H2,1-2H3,(H,23,24). The molecule has 1 aliphatic rings. The number of fused-ring (bicyclic) bond motifs is 1. The third-order valence-corrected chi connectivity index (χ3v) is 4.95. The fourth-order valence-corrected chi connectivity index (χ4v) is 3.57. The molecule has 0 spiro atoms. The van der Waals surface area contributed by atoms with Crippen molar-refractivity contribution in [1.82, 2.24) is 15.1 Å². The highest BCUT2D eigenvalue weighted by molar-refractivity contribution is 5.94. The van der Waals surface area contributed by atoms with E-state index >= 15 is 0 Å². The minimum atomic E-state index is -0.381. The van der Waals surface area contributed by atoms with E-state index in [1.807, 2.05) is 18.3 Å². The van der Waals surface area contributed by atoms with Crippen molar-refractivity contribution in [3.05, 3.63) is 65.7 Å². The zero-order valence-electron chi connectivity index (χ0n) is 15.8. The number of nitrogens with zero attached hydrogens (tertiary/aromatic N) is 3. The maximum absolute atomic E-state index is 13.7. The Morgan fingerprint density at radius 2 is 2.14 bits per heavy atom. The van der Waals surface area contributed by atoms with Crippen LogP contribution >= 0.6 is 0 Å². The SMILES string of the molecule is COc1cc(F)cc(CN(C)C(=O)N2CCc3cc(-c4cn[nH]c4)ccc32)c1. The van der Waals surface area contributed by atoms with Crippen LogP contribution in [0.25, 0.3) is 11.1 Å². The molecule has 0 unspecified atom stereocenters. The summed E-state index contributed by atoms with van der Waals surface area (Å²) in [7, 11) is 3.21. The molecule has 2 aromatic carbocycles. The Kier molecular flexibility index (Phi) is 4.73. The van der Waals surface area contributed by atoms with Crippen LogP contribution in [0.1, 0.15) is 11.1 Å². The second kappa shape index (κ2) is 7.34. The lowest BCUT2D eigenvalue weighted by atomic mass is 10.0. The average molecular weight is 380 g/mol. The number of benzene rings is 2. The third kappa shape index (κ3) is 3.43. The number of anilines is 1. The lowest BCUT2D eigenvalue weighted by Gasteiger charge is -2.25. The minimum absolute atomic E-state index is 0.113. The van der Waals surface area contributed by atoms with E-state index in [-0.39, 0.29) is 11.8 Å². The molecule has 0 bridgehead atoms. The summed E-state index contributed by atoms with van der Waals surface area (Å²) >= 11 is 0. The van der Waals surface area contributed by atoms with Crippen LogP contribution in [0.3, 0.4) is 0 Å². The number of nitrogens with one attached hydrogen (secondary N) is 1. The van der Waals surface area contributed by atoms with Gasteiger partial charge in [-0.25, -0.2) is 9.18 Å². The van der Waals surface area contributed by atoms with Gasteiger partial charge < -0.3 is 9.64 Å². The predicted octanol–water partition coefficient (Wildman–Crippen LogP) is 3.84. The Morgan fingerprint density at radius 1 is 1.29 bits per heavy atom. The van der Waals surface area contributed by atoms with E-state index in [0.717, 1.165) is 28.8 Å². The first-order valence-electron chi connectivity index (χ1n) is 9.03. The van der Waals surface area contributed by atoms with Crippen LogP contribution in [0.5, 0.6) is 5.75 Å². The summed E-state index contributed by atoms with van der Waals surface area (Å²) in [5.74, 6) is 0.0580. The zero-order valence-corrected chi connectivity index (χ0v) is 15.8. The zero-order chi connectivity index (χ0) is 19.7. The number of carbonyl (C=O) groups is 1. The summed E-state index contributed by atoms with van der Waals surface area (Å²) in [4.78, 5) is 16.3. The normalized spacial score (nSPS) is 12.8. The average Bonchev–Trinajstić information content (AvgIpc) is 3.36. The summed E-state index contributed by atoms with van der Waals surface area (Å²) in [5, 5.41) is 6.80. The maximum Gasteiger partial charge on any atom is 0.324 e. The van der Waals surface area contributed by atoms with Crippen molar-refractivity contribution in [3.8, 4) is 16.9 Å². The van der Waals surface area contributed by atoms with Crippen molar-refractivity contribution < 1.29 is 13.9 Å². The van der Waals surface area contributed by atoms with Gasteiger partial charge in [-0.15, -0.1) is 0 Å². The molecular formula is C21H21FN4O2. The lowest BCUT2D eigenvalue weighted by molar-refractivity contribution is 0.214. The molecule has 1 aliphatic heterocycles. The number of rotatable bonds is 4. The van der Waals surface area contributed by atoms with Crippen molar-refractivity contribution in [3.63, 3.8) is 0 Å². The first kappa shape index (κ1) is 18.0. The highest BCUT2D eigenvalue weighted by Crippen LogP contribution is 2.33. The van der Waals surface area contributed by atoms with Crippen molar-refractivity contribution in [2.45, 2.75) is 13.0 Å². The van der Waals surface area contributed by atoms with Gasteiger partial charge in [0.05, 0.1) is 13.3 Å². The van der Waals surface area contributed by atoms with Gasteiger partial charge >= 0.3 is 6.03 Å². The molecule has 1 N–H and O–H groups in total. The second-order valence-corrected chi connectivity index (χ2v) is 6.87. The number of ether oxygens (including phenoxy) is 1. The van der Waals surface area contributed by atoms with Crippen molar-refractivity contribution in [1.29, 1.82) is 0 Å². The first-order valence-corrected chi connectivity index (χ1v) is 9.03. The molecule has 2 heterocycles. The Bertz CT molecular complexity index is 1000. The molecule has 144 valence electrons. The molecule has 1 aromatic heterocycles. The van der Waals surface area contributed by atoms with Crippen LogP contribution in [-0.4, -0.2) is 41.8 Å². The third-order valence-electron chi connectivity index (χ3n) is 4.95. The summed E-state index contributed by atoms with van der Waals surface area (Å²) in [6.45, 7) is 0.922. The number of aromatic amines is 1. The fraction of sp³-hybridized carbons (Fsp3) is 0.238. The quantitative estimate of drug-likeness (QED) is 0.748. The van der Waals surface area contributed by atoms with Crippen LogP contribution < -0.4 is 9.64 Å². The fourth-order valence-electron chi connectivity index (χ4n) is 3.57. The molecule has 0 atom stereocenters. The molecule has 0 aliphatic carbocycles. The van der Waals surface area contributed by atoms with Gasteiger partial charge in [-0.3, -0.25) is 10.00 Å². The summed E-state index contributed by atoms with van der Waals surface area (Å²) in [6.07, 6.45) is 4.43. The van der Waals surface area contributed by atoms with Gasteiger partial charge in [-0.05, 0) is 47.4 Å². The molecule has 6 nitrogen and oxygen atoms in total. The summed E-state index contributed by atoms with van der Waals surface area (Å²) in [5.41, 5.74) is 4.82. The number of urea groups is 1. The summed E-state index contributed by atoms with van der Waals surface area (Å²) < 4.78 is 18.8.